The van der Waals surface area contributed by atoms with Gasteiger partial charge >= 0.3 is 0 Å². The number of rotatable bonds is 6. The van der Waals surface area contributed by atoms with Crippen molar-refractivity contribution in [3.8, 4) is 11.4 Å². The summed E-state index contributed by atoms with van der Waals surface area (Å²) < 4.78 is 7.12. The van der Waals surface area contributed by atoms with Crippen molar-refractivity contribution in [1.82, 2.24) is 19.7 Å². The first-order valence-corrected chi connectivity index (χ1v) is 11.7. The highest BCUT2D eigenvalue weighted by Gasteiger charge is 2.16. The molecule has 0 aliphatic rings. The second-order valence-corrected chi connectivity index (χ2v) is 8.86. The lowest BCUT2D eigenvalue weighted by Gasteiger charge is -2.13. The summed E-state index contributed by atoms with van der Waals surface area (Å²) >= 11 is 7.75. The molecule has 0 spiro atoms. The predicted molar refractivity (Wildman–Crippen MR) is 131 cm³/mol. The second kappa shape index (κ2) is 9.21. The van der Waals surface area contributed by atoms with Gasteiger partial charge in [0.05, 0.1) is 23.2 Å². The molecule has 164 valence electrons. The van der Waals surface area contributed by atoms with E-state index in [1.54, 1.807) is 10.6 Å². The highest BCUT2D eigenvalue weighted by atomic mass is 35.5. The van der Waals surface area contributed by atoms with Gasteiger partial charge in [-0.2, -0.15) is 4.98 Å². The predicted octanol–water partition coefficient (Wildman–Crippen LogP) is 5.75. The second-order valence-electron chi connectivity index (χ2n) is 7.51. The topological polar surface area (TPSA) is 73.8 Å². The van der Waals surface area contributed by atoms with Crippen molar-refractivity contribution in [3.63, 3.8) is 0 Å². The number of fused-ring (bicyclic) bond motifs is 1. The fourth-order valence-electron chi connectivity index (χ4n) is 3.57. The largest absolute Gasteiger partial charge is 0.338 e. The molecule has 8 heteroatoms. The highest BCUT2D eigenvalue weighted by Crippen LogP contribution is 2.26. The Balaban J connectivity index is 1.48. The standard InChI is InChI=1S/C25H19ClN4O2S/c1-16-8-2-4-10-18(16)23-28-22(32-29-23)15-33-25-27-21-13-7-5-11-19(21)24(31)30(25)14-17-9-3-6-12-20(17)26/h2-13H,14-15H2,1H3. The molecule has 0 atom stereocenters. The Bertz CT molecular complexity index is 1510. The molecule has 0 saturated carbocycles. The smallest absolute Gasteiger partial charge is 0.262 e. The van der Waals surface area contributed by atoms with Crippen molar-refractivity contribution in [2.75, 3.05) is 0 Å². The molecule has 0 fully saturated rings. The zero-order chi connectivity index (χ0) is 22.8. The molecule has 0 unspecified atom stereocenters. The number of thioether (sulfide) groups is 1. The van der Waals surface area contributed by atoms with E-state index in [-0.39, 0.29) is 5.56 Å². The maximum absolute atomic E-state index is 13.3. The van der Waals surface area contributed by atoms with Crippen LogP contribution in [0.2, 0.25) is 5.02 Å². The normalized spacial score (nSPS) is 11.2. The van der Waals surface area contributed by atoms with Crippen molar-refractivity contribution in [2.24, 2.45) is 0 Å². The van der Waals surface area contributed by atoms with Crippen LogP contribution in [0.3, 0.4) is 0 Å². The minimum Gasteiger partial charge on any atom is -0.338 e. The van der Waals surface area contributed by atoms with Gasteiger partial charge < -0.3 is 4.52 Å². The zero-order valence-corrected chi connectivity index (χ0v) is 19.3. The molecular weight excluding hydrogens is 456 g/mol. The number of aryl methyl sites for hydroxylation is 1. The molecule has 33 heavy (non-hydrogen) atoms. The summed E-state index contributed by atoms with van der Waals surface area (Å²) in [5.41, 5.74) is 3.37. The van der Waals surface area contributed by atoms with E-state index in [2.05, 4.69) is 10.1 Å². The van der Waals surface area contributed by atoms with Crippen LogP contribution in [0.25, 0.3) is 22.3 Å². The Morgan fingerprint density at radius 3 is 2.58 bits per heavy atom. The number of aromatic nitrogens is 4. The number of para-hydroxylation sites is 1. The molecule has 3 aromatic carbocycles. The van der Waals surface area contributed by atoms with E-state index in [1.807, 2.05) is 73.7 Å². The Morgan fingerprint density at radius 1 is 0.970 bits per heavy atom. The minimum atomic E-state index is -0.117. The summed E-state index contributed by atoms with van der Waals surface area (Å²) in [6, 6.07) is 22.7. The van der Waals surface area contributed by atoms with Gasteiger partial charge in [-0.05, 0) is 36.2 Å². The van der Waals surface area contributed by atoms with Crippen LogP contribution in [0.4, 0.5) is 0 Å². The molecule has 5 aromatic rings. The molecule has 5 rings (SSSR count). The third-order valence-corrected chi connectivity index (χ3v) is 6.62. The van der Waals surface area contributed by atoms with E-state index in [4.69, 9.17) is 21.1 Å². The Kier molecular flexibility index (Phi) is 5.98. The van der Waals surface area contributed by atoms with Gasteiger partial charge in [0.2, 0.25) is 11.7 Å². The third-order valence-electron chi connectivity index (χ3n) is 5.29. The molecule has 0 N–H and O–H groups in total. The van der Waals surface area contributed by atoms with E-state index in [0.717, 1.165) is 16.7 Å². The van der Waals surface area contributed by atoms with Crippen LogP contribution in [0, 0.1) is 6.92 Å². The first-order valence-electron chi connectivity index (χ1n) is 10.3. The van der Waals surface area contributed by atoms with E-state index < -0.39 is 0 Å². The number of halogens is 1. The van der Waals surface area contributed by atoms with Crippen LogP contribution >= 0.6 is 23.4 Å². The summed E-state index contributed by atoms with van der Waals surface area (Å²) in [7, 11) is 0. The van der Waals surface area contributed by atoms with Crippen molar-refractivity contribution in [3.05, 3.63) is 105 Å². The van der Waals surface area contributed by atoms with Gasteiger partial charge in [-0.15, -0.1) is 0 Å². The molecule has 2 aromatic heterocycles. The maximum atomic E-state index is 13.3. The molecular formula is C25H19ClN4O2S. The van der Waals surface area contributed by atoms with Gasteiger partial charge in [0.15, 0.2) is 5.16 Å². The zero-order valence-electron chi connectivity index (χ0n) is 17.7. The maximum Gasteiger partial charge on any atom is 0.262 e. The van der Waals surface area contributed by atoms with Gasteiger partial charge in [-0.1, -0.05) is 83.1 Å². The van der Waals surface area contributed by atoms with Gasteiger partial charge in [0.25, 0.3) is 5.56 Å². The van der Waals surface area contributed by atoms with Gasteiger partial charge in [0, 0.05) is 10.6 Å². The van der Waals surface area contributed by atoms with Crippen LogP contribution in [-0.4, -0.2) is 19.7 Å². The molecule has 0 radical (unpaired) electrons. The fraction of sp³-hybridized carbons (Fsp3) is 0.120. The molecule has 2 heterocycles. The summed E-state index contributed by atoms with van der Waals surface area (Å²) in [4.78, 5) is 22.6. The minimum absolute atomic E-state index is 0.117. The average Bonchev–Trinajstić information content (AvgIpc) is 3.30. The molecule has 0 bridgehead atoms. The van der Waals surface area contributed by atoms with E-state index in [0.29, 0.717) is 45.1 Å². The number of nitrogens with zero attached hydrogens (tertiary/aromatic N) is 4. The van der Waals surface area contributed by atoms with E-state index in [1.165, 1.54) is 11.8 Å². The molecule has 0 amide bonds. The highest BCUT2D eigenvalue weighted by molar-refractivity contribution is 7.98. The summed E-state index contributed by atoms with van der Waals surface area (Å²) in [6.45, 7) is 2.32. The lowest BCUT2D eigenvalue weighted by molar-refractivity contribution is 0.391. The quantitative estimate of drug-likeness (QED) is 0.230. The van der Waals surface area contributed by atoms with Crippen LogP contribution < -0.4 is 5.56 Å². The summed E-state index contributed by atoms with van der Waals surface area (Å²) in [6.07, 6.45) is 0. The van der Waals surface area contributed by atoms with Crippen LogP contribution in [0.15, 0.2) is 87.3 Å². The van der Waals surface area contributed by atoms with Gasteiger partial charge in [-0.3, -0.25) is 9.36 Å². The van der Waals surface area contributed by atoms with Crippen molar-refractivity contribution in [2.45, 2.75) is 24.4 Å². The third kappa shape index (κ3) is 4.42. The van der Waals surface area contributed by atoms with E-state index in [9.17, 15) is 4.79 Å². The van der Waals surface area contributed by atoms with Gasteiger partial charge in [-0.25, -0.2) is 4.98 Å². The number of hydrogen-bond donors (Lipinski definition) is 0. The van der Waals surface area contributed by atoms with Crippen LogP contribution in [0.1, 0.15) is 17.0 Å². The number of hydrogen-bond acceptors (Lipinski definition) is 6. The van der Waals surface area contributed by atoms with Crippen molar-refractivity contribution < 1.29 is 4.52 Å². The number of benzene rings is 3. The average molecular weight is 475 g/mol. The summed E-state index contributed by atoms with van der Waals surface area (Å²) in [5, 5.41) is 5.86. The first-order chi connectivity index (χ1) is 16.1. The Morgan fingerprint density at radius 2 is 1.73 bits per heavy atom. The SMILES string of the molecule is Cc1ccccc1-c1noc(CSc2nc3ccccc3c(=O)n2Cc2ccccc2Cl)n1. The first kappa shape index (κ1) is 21.4. The molecule has 0 saturated heterocycles. The van der Waals surface area contributed by atoms with Crippen LogP contribution in [0.5, 0.6) is 0 Å². The molecule has 6 nitrogen and oxygen atoms in total. The lowest BCUT2D eigenvalue weighted by atomic mass is 10.1. The Hall–Kier alpha value is -3.42. The van der Waals surface area contributed by atoms with Crippen molar-refractivity contribution in [1.29, 1.82) is 0 Å². The Labute approximate surface area is 199 Å². The lowest BCUT2D eigenvalue weighted by Crippen LogP contribution is -2.24. The molecule has 0 aliphatic carbocycles. The van der Waals surface area contributed by atoms with Gasteiger partial charge in [0.1, 0.15) is 0 Å². The molecule has 0 aliphatic heterocycles. The fourth-order valence-corrected chi connectivity index (χ4v) is 4.60. The van der Waals surface area contributed by atoms with Crippen molar-refractivity contribution >= 4 is 34.3 Å². The van der Waals surface area contributed by atoms with E-state index >= 15 is 0 Å². The monoisotopic (exact) mass is 474 g/mol. The summed E-state index contributed by atoms with van der Waals surface area (Å²) in [5.74, 6) is 1.39. The van der Waals surface area contributed by atoms with Crippen LogP contribution in [-0.2, 0) is 12.3 Å².